The van der Waals surface area contributed by atoms with Gasteiger partial charge in [-0.05, 0) is 61.4 Å². The molecule has 4 aromatic rings. The zero-order valence-electron chi connectivity index (χ0n) is 14.2. The van der Waals surface area contributed by atoms with Crippen LogP contribution in [-0.4, -0.2) is 0 Å². The van der Waals surface area contributed by atoms with Crippen molar-refractivity contribution in [3.8, 4) is 0 Å². The standard InChI is InChI=1S/C26H16/c1-2-6-17(7-3-1)12-13-18-14-15-20-23(16-18)26-22-11-5-9-19-8-4-10-21(24(19)22)25(20)26/h1-16H/b13-12+. The van der Waals surface area contributed by atoms with Gasteiger partial charge in [-0.1, -0.05) is 91.0 Å². The van der Waals surface area contributed by atoms with Gasteiger partial charge < -0.3 is 0 Å². The SMILES string of the molecule is C(=C\c1ccc2c(c1)C1=C2c2cccc3cccc1c23)/c1ccccc1. The largest absolute Gasteiger partial charge is 0.0622 e. The summed E-state index contributed by atoms with van der Waals surface area (Å²) >= 11 is 0. The first-order valence-corrected chi connectivity index (χ1v) is 9.05. The van der Waals surface area contributed by atoms with Gasteiger partial charge in [-0.25, -0.2) is 0 Å². The lowest BCUT2D eigenvalue weighted by atomic mass is 9.78. The molecule has 0 radical (unpaired) electrons. The van der Waals surface area contributed by atoms with Gasteiger partial charge in [0.1, 0.15) is 0 Å². The van der Waals surface area contributed by atoms with Crippen LogP contribution in [0.1, 0.15) is 33.4 Å². The maximum Gasteiger partial charge on any atom is -0.00134 e. The topological polar surface area (TPSA) is 0 Å². The summed E-state index contributed by atoms with van der Waals surface area (Å²) in [5.41, 5.74) is 10.9. The number of hydrogen-bond donors (Lipinski definition) is 0. The molecule has 0 saturated heterocycles. The predicted octanol–water partition coefficient (Wildman–Crippen LogP) is 6.64. The average molecular weight is 328 g/mol. The van der Waals surface area contributed by atoms with Crippen LogP contribution in [0.25, 0.3) is 34.1 Å². The Morgan fingerprint density at radius 1 is 0.462 bits per heavy atom. The van der Waals surface area contributed by atoms with E-state index < -0.39 is 0 Å². The lowest BCUT2D eigenvalue weighted by molar-refractivity contribution is 1.47. The Bertz CT molecular complexity index is 1250. The number of benzene rings is 4. The van der Waals surface area contributed by atoms with Gasteiger partial charge in [0.15, 0.2) is 0 Å². The summed E-state index contributed by atoms with van der Waals surface area (Å²) in [6.45, 7) is 0. The van der Waals surface area contributed by atoms with Gasteiger partial charge >= 0.3 is 0 Å². The normalized spacial score (nSPS) is 13.8. The summed E-state index contributed by atoms with van der Waals surface area (Å²) in [7, 11) is 0. The third-order valence-corrected chi connectivity index (χ3v) is 5.54. The van der Waals surface area contributed by atoms with Gasteiger partial charge in [0.05, 0.1) is 0 Å². The summed E-state index contributed by atoms with van der Waals surface area (Å²) in [5.74, 6) is 0. The molecule has 4 aromatic carbocycles. The lowest BCUT2D eigenvalue weighted by Gasteiger charge is -2.24. The Hall–Kier alpha value is -3.38. The van der Waals surface area contributed by atoms with Crippen LogP contribution in [0.5, 0.6) is 0 Å². The van der Waals surface area contributed by atoms with Crippen LogP contribution in [0.15, 0.2) is 84.9 Å². The summed E-state index contributed by atoms with van der Waals surface area (Å²) in [4.78, 5) is 0. The van der Waals surface area contributed by atoms with Crippen LogP contribution in [0.3, 0.4) is 0 Å². The van der Waals surface area contributed by atoms with Crippen molar-refractivity contribution in [1.29, 1.82) is 0 Å². The Morgan fingerprint density at radius 2 is 1.15 bits per heavy atom. The zero-order chi connectivity index (χ0) is 17.1. The second-order valence-electron chi connectivity index (χ2n) is 7.01. The van der Waals surface area contributed by atoms with Gasteiger partial charge in [0, 0.05) is 0 Å². The summed E-state index contributed by atoms with van der Waals surface area (Å²) in [6.07, 6.45) is 4.39. The zero-order valence-corrected chi connectivity index (χ0v) is 14.2. The van der Waals surface area contributed by atoms with Gasteiger partial charge in [-0.3, -0.25) is 0 Å². The molecule has 0 fully saturated rings. The van der Waals surface area contributed by atoms with Crippen molar-refractivity contribution in [2.75, 3.05) is 0 Å². The highest BCUT2D eigenvalue weighted by Crippen LogP contribution is 2.55. The molecular weight excluding hydrogens is 312 g/mol. The molecule has 0 heterocycles. The molecule has 0 nitrogen and oxygen atoms in total. The first kappa shape index (κ1) is 13.9. The second kappa shape index (κ2) is 5.06. The van der Waals surface area contributed by atoms with E-state index in [0.29, 0.717) is 0 Å². The van der Waals surface area contributed by atoms with Gasteiger partial charge in [0.25, 0.3) is 0 Å². The molecule has 0 unspecified atom stereocenters. The fourth-order valence-electron chi connectivity index (χ4n) is 4.37. The Kier molecular flexibility index (Phi) is 2.70. The van der Waals surface area contributed by atoms with Crippen molar-refractivity contribution in [1.82, 2.24) is 0 Å². The molecule has 0 bridgehead atoms. The lowest BCUT2D eigenvalue weighted by Crippen LogP contribution is -2.04. The predicted molar refractivity (Wildman–Crippen MR) is 111 cm³/mol. The Balaban J connectivity index is 1.45. The number of rotatable bonds is 2. The van der Waals surface area contributed by atoms with Crippen LogP contribution >= 0.6 is 0 Å². The van der Waals surface area contributed by atoms with Crippen molar-refractivity contribution in [2.45, 2.75) is 0 Å². The molecule has 0 atom stereocenters. The van der Waals surface area contributed by atoms with E-state index in [4.69, 9.17) is 0 Å². The van der Waals surface area contributed by atoms with E-state index >= 15 is 0 Å². The Labute approximate surface area is 152 Å². The highest BCUT2D eigenvalue weighted by Gasteiger charge is 2.34. The molecule has 26 heavy (non-hydrogen) atoms. The number of fused-ring (bicyclic) bond motifs is 5. The van der Waals surface area contributed by atoms with Crippen molar-refractivity contribution in [3.05, 3.63) is 118 Å². The summed E-state index contributed by atoms with van der Waals surface area (Å²) in [6, 6.07) is 30.6. The first-order valence-electron chi connectivity index (χ1n) is 9.05. The molecular formula is C26H16. The van der Waals surface area contributed by atoms with Gasteiger partial charge in [-0.15, -0.1) is 0 Å². The molecule has 0 amide bonds. The van der Waals surface area contributed by atoms with E-state index in [1.54, 1.807) is 0 Å². The molecule has 0 aromatic heterocycles. The van der Waals surface area contributed by atoms with E-state index in [1.807, 2.05) is 0 Å². The summed E-state index contributed by atoms with van der Waals surface area (Å²) in [5, 5.41) is 2.75. The molecule has 6 rings (SSSR count). The second-order valence-corrected chi connectivity index (χ2v) is 7.01. The van der Waals surface area contributed by atoms with Crippen molar-refractivity contribution >= 4 is 34.1 Å². The minimum atomic E-state index is 1.23. The highest BCUT2D eigenvalue weighted by atomic mass is 14.4. The van der Waals surface area contributed by atoms with E-state index in [-0.39, 0.29) is 0 Å². The van der Waals surface area contributed by atoms with Crippen molar-refractivity contribution in [3.63, 3.8) is 0 Å². The minimum Gasteiger partial charge on any atom is -0.0622 e. The molecule has 120 valence electrons. The van der Waals surface area contributed by atoms with Crippen molar-refractivity contribution < 1.29 is 0 Å². The first-order chi connectivity index (χ1) is 12.9. The minimum absolute atomic E-state index is 1.23. The molecule has 0 heteroatoms. The Morgan fingerprint density at radius 3 is 1.92 bits per heavy atom. The van der Waals surface area contributed by atoms with Gasteiger partial charge in [0.2, 0.25) is 0 Å². The smallest absolute Gasteiger partial charge is 0.00134 e. The highest BCUT2D eigenvalue weighted by molar-refractivity contribution is 6.27. The molecule has 2 aliphatic rings. The fraction of sp³-hybridized carbons (Fsp3) is 0. The van der Waals surface area contributed by atoms with Crippen molar-refractivity contribution in [2.24, 2.45) is 0 Å². The quantitative estimate of drug-likeness (QED) is 0.312. The van der Waals surface area contributed by atoms with Crippen LogP contribution in [0.2, 0.25) is 0 Å². The molecule has 0 spiro atoms. The number of hydrogen-bond acceptors (Lipinski definition) is 0. The summed E-state index contributed by atoms with van der Waals surface area (Å²) < 4.78 is 0. The monoisotopic (exact) mass is 328 g/mol. The van der Waals surface area contributed by atoms with E-state index in [2.05, 4.69) is 97.1 Å². The third kappa shape index (κ3) is 1.79. The maximum atomic E-state index is 2.33. The van der Waals surface area contributed by atoms with E-state index in [9.17, 15) is 0 Å². The van der Waals surface area contributed by atoms with E-state index in [0.717, 1.165) is 0 Å². The van der Waals surface area contributed by atoms with Crippen LogP contribution in [0, 0.1) is 0 Å². The van der Waals surface area contributed by atoms with Gasteiger partial charge in [-0.2, -0.15) is 0 Å². The third-order valence-electron chi connectivity index (χ3n) is 5.54. The molecule has 0 aliphatic heterocycles. The fourth-order valence-corrected chi connectivity index (χ4v) is 4.37. The van der Waals surface area contributed by atoms with E-state index in [1.165, 1.54) is 55.3 Å². The van der Waals surface area contributed by atoms with Crippen LogP contribution in [-0.2, 0) is 0 Å². The maximum absolute atomic E-state index is 2.33. The molecule has 2 aliphatic carbocycles. The van der Waals surface area contributed by atoms with Crippen LogP contribution in [0.4, 0.5) is 0 Å². The van der Waals surface area contributed by atoms with Crippen LogP contribution < -0.4 is 0 Å². The molecule has 0 N–H and O–H groups in total. The molecule has 0 saturated carbocycles. The average Bonchev–Trinajstić information content (AvgIpc) is 2.97.